The summed E-state index contributed by atoms with van der Waals surface area (Å²) in [5.74, 6) is 1.69. The number of nitrogens with zero attached hydrogens (tertiary/aromatic N) is 3. The fourth-order valence-corrected chi connectivity index (χ4v) is 2.14. The molecule has 2 rings (SSSR count). The fraction of sp³-hybridized carbons (Fsp3) is 0.412. The Labute approximate surface area is 137 Å². The third-order valence-electron chi connectivity index (χ3n) is 3.29. The molecule has 2 N–H and O–H groups in total. The van der Waals surface area contributed by atoms with Gasteiger partial charge in [-0.25, -0.2) is 0 Å². The van der Waals surface area contributed by atoms with Crippen molar-refractivity contribution >= 4 is 5.96 Å². The van der Waals surface area contributed by atoms with Crippen LogP contribution in [0.3, 0.4) is 0 Å². The zero-order valence-corrected chi connectivity index (χ0v) is 13.8. The van der Waals surface area contributed by atoms with Gasteiger partial charge in [0.25, 0.3) is 0 Å². The molecule has 0 atom stereocenters. The average Bonchev–Trinajstić information content (AvgIpc) is 3.07. The van der Waals surface area contributed by atoms with Crippen LogP contribution in [-0.2, 0) is 6.54 Å². The van der Waals surface area contributed by atoms with E-state index < -0.39 is 0 Å². The van der Waals surface area contributed by atoms with E-state index in [1.807, 2.05) is 35.1 Å². The van der Waals surface area contributed by atoms with E-state index in [0.29, 0.717) is 13.2 Å². The monoisotopic (exact) mass is 315 g/mol. The molecule has 0 fully saturated rings. The lowest BCUT2D eigenvalue weighted by Crippen LogP contribution is -2.39. The summed E-state index contributed by atoms with van der Waals surface area (Å²) in [5, 5.41) is 10.7. The number of aromatic nitrogens is 2. The van der Waals surface area contributed by atoms with Crippen LogP contribution in [0.15, 0.2) is 47.7 Å². The van der Waals surface area contributed by atoms with Gasteiger partial charge in [0.1, 0.15) is 12.4 Å². The van der Waals surface area contributed by atoms with Crippen LogP contribution in [0.4, 0.5) is 0 Å². The van der Waals surface area contributed by atoms with Crippen LogP contribution in [0.1, 0.15) is 12.0 Å². The smallest absolute Gasteiger partial charge is 0.191 e. The highest BCUT2D eigenvalue weighted by atomic mass is 16.5. The number of benzene rings is 1. The van der Waals surface area contributed by atoms with Crippen molar-refractivity contribution in [2.75, 3.05) is 26.7 Å². The molecule has 0 saturated carbocycles. The molecule has 0 unspecified atom stereocenters. The van der Waals surface area contributed by atoms with Gasteiger partial charge in [-0.2, -0.15) is 5.10 Å². The molecule has 0 aliphatic heterocycles. The largest absolute Gasteiger partial charge is 0.492 e. The average molecular weight is 315 g/mol. The highest BCUT2D eigenvalue weighted by Gasteiger charge is 1.98. The molecule has 0 radical (unpaired) electrons. The SMILES string of the molecule is CN=C(NCCCn1cccn1)NCCOc1cccc(C)c1. The number of hydrogen-bond acceptors (Lipinski definition) is 3. The van der Waals surface area contributed by atoms with Gasteiger partial charge < -0.3 is 15.4 Å². The first kappa shape index (κ1) is 16.9. The van der Waals surface area contributed by atoms with Gasteiger partial charge in [-0.05, 0) is 37.1 Å². The van der Waals surface area contributed by atoms with Crippen LogP contribution in [0, 0.1) is 6.92 Å². The molecule has 0 spiro atoms. The molecule has 124 valence electrons. The van der Waals surface area contributed by atoms with Gasteiger partial charge in [0.15, 0.2) is 5.96 Å². The summed E-state index contributed by atoms with van der Waals surface area (Å²) >= 11 is 0. The number of guanidine groups is 1. The molecule has 6 nitrogen and oxygen atoms in total. The van der Waals surface area contributed by atoms with Gasteiger partial charge in [-0.3, -0.25) is 9.67 Å². The van der Waals surface area contributed by atoms with Crippen molar-refractivity contribution < 1.29 is 4.74 Å². The Hall–Kier alpha value is -2.50. The fourth-order valence-electron chi connectivity index (χ4n) is 2.14. The predicted molar refractivity (Wildman–Crippen MR) is 92.9 cm³/mol. The Morgan fingerprint density at radius 2 is 2.13 bits per heavy atom. The van der Waals surface area contributed by atoms with E-state index in [4.69, 9.17) is 4.74 Å². The zero-order valence-electron chi connectivity index (χ0n) is 13.8. The molecule has 0 bridgehead atoms. The summed E-state index contributed by atoms with van der Waals surface area (Å²) in [7, 11) is 1.77. The molecular formula is C17H25N5O. The third kappa shape index (κ3) is 6.42. The number of nitrogens with one attached hydrogen (secondary N) is 2. The molecule has 0 aliphatic rings. The summed E-state index contributed by atoms with van der Waals surface area (Å²) in [6.07, 6.45) is 4.75. The van der Waals surface area contributed by atoms with Gasteiger partial charge >= 0.3 is 0 Å². The standard InChI is InChI=1S/C17H25N5O/c1-15-6-3-7-16(14-15)23-13-10-20-17(18-2)19-8-4-11-22-12-5-9-21-22/h3,5-7,9,12,14H,4,8,10-11,13H2,1-2H3,(H2,18,19,20). The highest BCUT2D eigenvalue weighted by Crippen LogP contribution is 2.11. The van der Waals surface area contributed by atoms with Crippen LogP contribution in [0.5, 0.6) is 5.75 Å². The summed E-state index contributed by atoms with van der Waals surface area (Å²) in [4.78, 5) is 4.20. The first-order chi connectivity index (χ1) is 11.3. The molecule has 0 saturated heterocycles. The predicted octanol–water partition coefficient (Wildman–Crippen LogP) is 1.83. The Balaban J connectivity index is 1.57. The lowest BCUT2D eigenvalue weighted by atomic mass is 10.2. The normalized spacial score (nSPS) is 11.3. The van der Waals surface area contributed by atoms with E-state index in [-0.39, 0.29) is 0 Å². The second-order valence-corrected chi connectivity index (χ2v) is 5.21. The maximum absolute atomic E-state index is 5.70. The van der Waals surface area contributed by atoms with Crippen LogP contribution in [0.2, 0.25) is 0 Å². The zero-order chi connectivity index (χ0) is 16.3. The van der Waals surface area contributed by atoms with Crippen molar-refractivity contribution in [2.45, 2.75) is 19.9 Å². The second kappa shape index (κ2) is 9.50. The van der Waals surface area contributed by atoms with Gasteiger partial charge in [0.2, 0.25) is 0 Å². The Morgan fingerprint density at radius 1 is 1.26 bits per heavy atom. The molecule has 0 amide bonds. The minimum absolute atomic E-state index is 0.595. The maximum Gasteiger partial charge on any atom is 0.191 e. The van der Waals surface area contributed by atoms with E-state index in [9.17, 15) is 0 Å². The molecule has 1 aromatic carbocycles. The first-order valence-corrected chi connectivity index (χ1v) is 7.89. The van der Waals surface area contributed by atoms with Gasteiger partial charge in [-0.1, -0.05) is 12.1 Å². The molecule has 6 heteroatoms. The Kier molecular flexibility index (Phi) is 6.97. The first-order valence-electron chi connectivity index (χ1n) is 7.89. The van der Waals surface area contributed by atoms with Crippen molar-refractivity contribution in [2.24, 2.45) is 4.99 Å². The van der Waals surface area contributed by atoms with Crippen molar-refractivity contribution in [3.63, 3.8) is 0 Å². The topological polar surface area (TPSA) is 63.5 Å². The van der Waals surface area contributed by atoms with Crippen molar-refractivity contribution in [1.29, 1.82) is 0 Å². The van der Waals surface area contributed by atoms with E-state index in [1.54, 1.807) is 13.2 Å². The maximum atomic E-state index is 5.70. The number of ether oxygens (including phenoxy) is 1. The molecule has 23 heavy (non-hydrogen) atoms. The summed E-state index contributed by atoms with van der Waals surface area (Å²) < 4.78 is 7.62. The summed E-state index contributed by atoms with van der Waals surface area (Å²) in [5.41, 5.74) is 1.20. The molecule has 2 aromatic rings. The second-order valence-electron chi connectivity index (χ2n) is 5.21. The summed E-state index contributed by atoms with van der Waals surface area (Å²) in [6.45, 7) is 5.09. The van der Waals surface area contributed by atoms with Gasteiger partial charge in [0, 0.05) is 32.5 Å². The van der Waals surface area contributed by atoms with Crippen LogP contribution in [0.25, 0.3) is 0 Å². The lowest BCUT2D eigenvalue weighted by Gasteiger charge is -2.12. The Bertz CT molecular complexity index is 595. The van der Waals surface area contributed by atoms with Gasteiger partial charge in [0.05, 0.1) is 6.54 Å². The van der Waals surface area contributed by atoms with Crippen molar-refractivity contribution in [3.05, 3.63) is 48.3 Å². The Morgan fingerprint density at radius 3 is 2.87 bits per heavy atom. The molecule has 0 aliphatic carbocycles. The van der Waals surface area contributed by atoms with E-state index in [0.717, 1.165) is 31.2 Å². The summed E-state index contributed by atoms with van der Waals surface area (Å²) in [6, 6.07) is 9.98. The number of aryl methyl sites for hydroxylation is 2. The highest BCUT2D eigenvalue weighted by molar-refractivity contribution is 5.79. The number of hydrogen-bond donors (Lipinski definition) is 2. The number of aliphatic imine (C=N–C) groups is 1. The van der Waals surface area contributed by atoms with Crippen molar-refractivity contribution in [1.82, 2.24) is 20.4 Å². The van der Waals surface area contributed by atoms with Gasteiger partial charge in [-0.15, -0.1) is 0 Å². The minimum atomic E-state index is 0.595. The number of rotatable bonds is 8. The van der Waals surface area contributed by atoms with Crippen LogP contribution < -0.4 is 15.4 Å². The van der Waals surface area contributed by atoms with E-state index >= 15 is 0 Å². The molecule has 1 heterocycles. The van der Waals surface area contributed by atoms with Crippen LogP contribution in [-0.4, -0.2) is 42.5 Å². The molecular weight excluding hydrogens is 290 g/mol. The van der Waals surface area contributed by atoms with Crippen LogP contribution >= 0.6 is 0 Å². The van der Waals surface area contributed by atoms with Crippen molar-refractivity contribution in [3.8, 4) is 5.75 Å². The quantitative estimate of drug-likeness (QED) is 0.443. The van der Waals surface area contributed by atoms with E-state index in [2.05, 4.69) is 33.7 Å². The lowest BCUT2D eigenvalue weighted by molar-refractivity contribution is 0.321. The molecule has 1 aromatic heterocycles. The minimum Gasteiger partial charge on any atom is -0.492 e. The van der Waals surface area contributed by atoms with E-state index in [1.165, 1.54) is 5.56 Å². The third-order valence-corrected chi connectivity index (χ3v) is 3.29.